The molecule has 1 aliphatic heterocycles. The Morgan fingerprint density at radius 1 is 1.25 bits per heavy atom. The summed E-state index contributed by atoms with van der Waals surface area (Å²) in [6.45, 7) is -0.128. The van der Waals surface area contributed by atoms with Crippen molar-refractivity contribution in [3.05, 3.63) is 28.0 Å². The molecule has 0 spiro atoms. The van der Waals surface area contributed by atoms with Crippen LogP contribution in [0.5, 0.6) is 0 Å². The molecule has 1 heterocycles. The van der Waals surface area contributed by atoms with Crippen molar-refractivity contribution in [2.24, 2.45) is 0 Å². The molecule has 0 bridgehead atoms. The molecule has 1 aliphatic rings. The number of rotatable bonds is 1. The summed E-state index contributed by atoms with van der Waals surface area (Å²) in [5.74, 6) is -1.18. The van der Waals surface area contributed by atoms with Gasteiger partial charge in [0.1, 0.15) is 6.54 Å². The first-order chi connectivity index (χ1) is 7.49. The van der Waals surface area contributed by atoms with Crippen LogP contribution in [0.3, 0.4) is 0 Å². The Morgan fingerprint density at radius 2 is 1.81 bits per heavy atom. The molecular formula is C9H5Cl2FN2O2. The van der Waals surface area contributed by atoms with Crippen LogP contribution in [-0.4, -0.2) is 18.5 Å². The monoisotopic (exact) mass is 262 g/mol. The molecule has 1 N–H and O–H groups in total. The normalized spacial score (nSPS) is 15.6. The average Bonchev–Trinajstić information content (AvgIpc) is 2.53. The Labute approximate surface area is 99.9 Å². The number of hydrogen-bond acceptors (Lipinski definition) is 2. The minimum atomic E-state index is -0.752. The molecule has 1 saturated heterocycles. The fraction of sp³-hybridized carbons (Fsp3) is 0.111. The van der Waals surface area contributed by atoms with Crippen LogP contribution in [-0.2, 0) is 4.79 Å². The Hall–Kier alpha value is -1.33. The number of nitrogens with zero attached hydrogens (tertiary/aromatic N) is 1. The molecule has 0 aromatic heterocycles. The summed E-state index contributed by atoms with van der Waals surface area (Å²) in [5.41, 5.74) is 0.278. The highest BCUT2D eigenvalue weighted by atomic mass is 35.5. The standard InChI is InChI=1S/C9H5Cl2FN2O2/c10-5-1-4(2-6(11)8(5)12)14-3-7(15)13-9(14)16/h1-2H,3H2,(H,13,15,16). The highest BCUT2D eigenvalue weighted by Gasteiger charge is 2.28. The van der Waals surface area contributed by atoms with E-state index in [9.17, 15) is 14.0 Å². The second-order valence-electron chi connectivity index (χ2n) is 3.16. The van der Waals surface area contributed by atoms with Gasteiger partial charge in [0.05, 0.1) is 10.0 Å². The van der Waals surface area contributed by atoms with E-state index in [1.165, 1.54) is 12.1 Å². The number of benzene rings is 1. The summed E-state index contributed by atoms with van der Waals surface area (Å²) in [7, 11) is 0. The summed E-state index contributed by atoms with van der Waals surface area (Å²) >= 11 is 11.2. The third-order valence-corrected chi connectivity index (χ3v) is 2.62. The SMILES string of the molecule is O=C1CN(c2cc(Cl)c(F)c(Cl)c2)C(=O)N1. The smallest absolute Gasteiger partial charge is 0.285 e. The van der Waals surface area contributed by atoms with Crippen molar-refractivity contribution in [3.8, 4) is 0 Å². The second-order valence-corrected chi connectivity index (χ2v) is 3.98. The molecule has 1 aromatic rings. The highest BCUT2D eigenvalue weighted by molar-refractivity contribution is 6.35. The van der Waals surface area contributed by atoms with Gasteiger partial charge in [-0.05, 0) is 12.1 Å². The van der Waals surface area contributed by atoms with Crippen molar-refractivity contribution in [1.82, 2.24) is 5.32 Å². The Bertz CT molecular complexity index is 469. The summed E-state index contributed by atoms with van der Waals surface area (Å²) in [4.78, 5) is 23.4. The molecule has 3 amide bonds. The van der Waals surface area contributed by atoms with Crippen LogP contribution in [0.2, 0.25) is 10.0 Å². The largest absolute Gasteiger partial charge is 0.329 e. The zero-order chi connectivity index (χ0) is 11.9. The summed E-state index contributed by atoms with van der Waals surface area (Å²) in [6, 6.07) is 1.89. The van der Waals surface area contributed by atoms with Gasteiger partial charge in [-0.3, -0.25) is 15.0 Å². The predicted octanol–water partition coefficient (Wildman–Crippen LogP) is 2.19. The molecule has 0 atom stereocenters. The lowest BCUT2D eigenvalue weighted by atomic mass is 10.3. The number of carbonyl (C=O) groups excluding carboxylic acids is 2. The van der Waals surface area contributed by atoms with Crippen LogP contribution >= 0.6 is 23.2 Å². The van der Waals surface area contributed by atoms with Crippen molar-refractivity contribution in [1.29, 1.82) is 0 Å². The maximum atomic E-state index is 13.1. The summed E-state index contributed by atoms with van der Waals surface area (Å²) in [6.07, 6.45) is 0. The van der Waals surface area contributed by atoms with Gasteiger partial charge in [-0.25, -0.2) is 9.18 Å². The number of imide groups is 1. The van der Waals surface area contributed by atoms with Gasteiger partial charge in [0.25, 0.3) is 0 Å². The van der Waals surface area contributed by atoms with E-state index in [1.54, 1.807) is 0 Å². The van der Waals surface area contributed by atoms with E-state index < -0.39 is 17.8 Å². The van der Waals surface area contributed by atoms with Crippen molar-refractivity contribution < 1.29 is 14.0 Å². The molecular weight excluding hydrogens is 258 g/mol. The van der Waals surface area contributed by atoms with Crippen molar-refractivity contribution in [3.63, 3.8) is 0 Å². The number of urea groups is 1. The number of carbonyl (C=O) groups is 2. The Balaban J connectivity index is 2.42. The number of amides is 3. The van der Waals surface area contributed by atoms with Crippen molar-refractivity contribution >= 4 is 40.8 Å². The van der Waals surface area contributed by atoms with Crippen LogP contribution in [0, 0.1) is 5.82 Å². The van der Waals surface area contributed by atoms with E-state index >= 15 is 0 Å². The number of anilines is 1. The van der Waals surface area contributed by atoms with E-state index in [-0.39, 0.29) is 22.3 Å². The first kappa shape index (κ1) is 11.2. The van der Waals surface area contributed by atoms with Crippen LogP contribution in [0.15, 0.2) is 12.1 Å². The highest BCUT2D eigenvalue weighted by Crippen LogP contribution is 2.30. The molecule has 1 aromatic carbocycles. The van der Waals surface area contributed by atoms with E-state index in [0.29, 0.717) is 0 Å². The first-order valence-corrected chi connectivity index (χ1v) is 5.00. The lowest BCUT2D eigenvalue weighted by molar-refractivity contribution is -0.117. The van der Waals surface area contributed by atoms with Gasteiger partial charge < -0.3 is 0 Å². The van der Waals surface area contributed by atoms with Gasteiger partial charge in [-0.2, -0.15) is 0 Å². The molecule has 7 heteroatoms. The molecule has 16 heavy (non-hydrogen) atoms. The number of nitrogens with one attached hydrogen (secondary N) is 1. The quantitative estimate of drug-likeness (QED) is 0.623. The molecule has 4 nitrogen and oxygen atoms in total. The van der Waals surface area contributed by atoms with Crippen LogP contribution < -0.4 is 10.2 Å². The Morgan fingerprint density at radius 3 is 2.25 bits per heavy atom. The minimum absolute atomic E-state index is 0.128. The summed E-state index contributed by atoms with van der Waals surface area (Å²) in [5, 5.41) is 1.69. The molecule has 0 radical (unpaired) electrons. The van der Waals surface area contributed by atoms with Gasteiger partial charge in [0.2, 0.25) is 5.91 Å². The van der Waals surface area contributed by atoms with Gasteiger partial charge in [0.15, 0.2) is 5.82 Å². The van der Waals surface area contributed by atoms with Crippen LogP contribution in [0.4, 0.5) is 14.9 Å². The summed E-state index contributed by atoms with van der Waals surface area (Å²) < 4.78 is 13.1. The lowest BCUT2D eigenvalue weighted by Gasteiger charge is -2.14. The van der Waals surface area contributed by atoms with Gasteiger partial charge in [-0.15, -0.1) is 0 Å². The third kappa shape index (κ3) is 1.83. The molecule has 1 fully saturated rings. The topological polar surface area (TPSA) is 49.4 Å². The molecule has 0 aliphatic carbocycles. The van der Waals surface area contributed by atoms with Gasteiger partial charge >= 0.3 is 6.03 Å². The van der Waals surface area contributed by atoms with E-state index in [1.807, 2.05) is 0 Å². The van der Waals surface area contributed by atoms with E-state index in [2.05, 4.69) is 5.32 Å². The fourth-order valence-electron chi connectivity index (χ4n) is 1.35. The van der Waals surface area contributed by atoms with Crippen LogP contribution in [0.25, 0.3) is 0 Å². The molecule has 2 rings (SSSR count). The minimum Gasteiger partial charge on any atom is -0.285 e. The molecule has 84 valence electrons. The second kappa shape index (κ2) is 3.92. The predicted molar refractivity (Wildman–Crippen MR) is 57.3 cm³/mol. The maximum Gasteiger partial charge on any atom is 0.329 e. The zero-order valence-corrected chi connectivity index (χ0v) is 9.27. The average molecular weight is 263 g/mol. The number of hydrogen-bond donors (Lipinski definition) is 1. The zero-order valence-electron chi connectivity index (χ0n) is 7.76. The maximum absolute atomic E-state index is 13.1. The molecule has 0 saturated carbocycles. The third-order valence-electron chi connectivity index (χ3n) is 2.07. The van der Waals surface area contributed by atoms with Crippen molar-refractivity contribution in [2.75, 3.05) is 11.4 Å². The fourth-order valence-corrected chi connectivity index (χ4v) is 1.82. The molecule has 0 unspecified atom stereocenters. The van der Waals surface area contributed by atoms with Gasteiger partial charge in [0, 0.05) is 5.69 Å². The van der Waals surface area contributed by atoms with E-state index in [4.69, 9.17) is 23.2 Å². The van der Waals surface area contributed by atoms with Crippen LogP contribution in [0.1, 0.15) is 0 Å². The van der Waals surface area contributed by atoms with Crippen molar-refractivity contribution in [2.45, 2.75) is 0 Å². The first-order valence-electron chi connectivity index (χ1n) is 4.25. The van der Waals surface area contributed by atoms with Gasteiger partial charge in [-0.1, -0.05) is 23.2 Å². The Kier molecular flexibility index (Phi) is 2.73. The number of halogens is 3. The van der Waals surface area contributed by atoms with E-state index in [0.717, 1.165) is 4.90 Å². The lowest BCUT2D eigenvalue weighted by Crippen LogP contribution is -2.27.